The van der Waals surface area contributed by atoms with E-state index in [1.54, 1.807) is 12.1 Å². The van der Waals surface area contributed by atoms with Crippen molar-refractivity contribution in [1.82, 2.24) is 4.90 Å². The molecule has 0 bridgehead atoms. The highest BCUT2D eigenvalue weighted by atomic mass is 16.7. The largest absolute Gasteiger partial charge is 0.459 e. The van der Waals surface area contributed by atoms with Crippen LogP contribution in [-0.2, 0) is 30.3 Å². The van der Waals surface area contributed by atoms with Crippen molar-refractivity contribution in [2.24, 2.45) is 0 Å². The third kappa shape index (κ3) is 8.14. The summed E-state index contributed by atoms with van der Waals surface area (Å²) >= 11 is 0. The lowest BCUT2D eigenvalue weighted by Crippen LogP contribution is -2.45. The van der Waals surface area contributed by atoms with Gasteiger partial charge in [-0.3, -0.25) is 15.0 Å². The first-order valence-corrected chi connectivity index (χ1v) is 13.8. The second-order valence-electron chi connectivity index (χ2n) is 11.2. The lowest BCUT2D eigenvalue weighted by atomic mass is 9.99. The van der Waals surface area contributed by atoms with E-state index in [2.05, 4.69) is 16.8 Å². The van der Waals surface area contributed by atoms with Crippen LogP contribution in [-0.4, -0.2) is 59.5 Å². The summed E-state index contributed by atoms with van der Waals surface area (Å²) in [4.78, 5) is 27.2. The predicted octanol–water partition coefficient (Wildman–Crippen LogP) is 5.26. The Morgan fingerprint density at radius 3 is 2.62 bits per heavy atom. The van der Waals surface area contributed by atoms with Gasteiger partial charge in [-0.05, 0) is 63.4 Å². The quantitative estimate of drug-likeness (QED) is 0.320. The molecule has 2 aromatic carbocycles. The van der Waals surface area contributed by atoms with Gasteiger partial charge in [-0.1, -0.05) is 49.1 Å². The summed E-state index contributed by atoms with van der Waals surface area (Å²) in [7, 11) is 0. The summed E-state index contributed by atoms with van der Waals surface area (Å²) in [6, 6.07) is 14.7. The first kappa shape index (κ1) is 29.7. The fourth-order valence-corrected chi connectivity index (χ4v) is 5.03. The fraction of sp³-hybridized carbons (Fsp3) is 0.484. The third-order valence-electron chi connectivity index (χ3n) is 6.83. The molecule has 1 amide bonds. The summed E-state index contributed by atoms with van der Waals surface area (Å²) in [6.45, 7) is 10.6. The second kappa shape index (κ2) is 13.4. The van der Waals surface area contributed by atoms with Crippen LogP contribution in [0.2, 0.25) is 0 Å². The number of amides is 1. The first-order valence-electron chi connectivity index (χ1n) is 13.8. The topological polar surface area (TPSA) is 107 Å². The molecule has 4 rings (SSSR count). The highest BCUT2D eigenvalue weighted by molar-refractivity contribution is 5.84. The number of anilines is 1. The molecule has 2 aromatic rings. The highest BCUT2D eigenvalue weighted by Gasteiger charge is 2.39. The second-order valence-corrected chi connectivity index (χ2v) is 11.2. The molecule has 4 unspecified atom stereocenters. The van der Waals surface area contributed by atoms with Crippen LogP contribution in [0.25, 0.3) is 0 Å². The Bertz CT molecular complexity index is 1160. The maximum Gasteiger partial charge on any atom is 0.411 e. The summed E-state index contributed by atoms with van der Waals surface area (Å²) in [6.07, 6.45) is 1.99. The van der Waals surface area contributed by atoms with Gasteiger partial charge in [-0.25, -0.2) is 4.79 Å². The Hall–Kier alpha value is -3.24. The molecule has 2 fully saturated rings. The highest BCUT2D eigenvalue weighted by Crippen LogP contribution is 2.39. The molecule has 40 heavy (non-hydrogen) atoms. The number of ether oxygens (including phenoxy) is 4. The number of hydrogen-bond acceptors (Lipinski definition) is 8. The van der Waals surface area contributed by atoms with Gasteiger partial charge in [0.15, 0.2) is 6.29 Å². The monoisotopic (exact) mass is 552 g/mol. The first-order chi connectivity index (χ1) is 19.1. The van der Waals surface area contributed by atoms with Gasteiger partial charge in [-0.2, -0.15) is 0 Å². The number of aliphatic hydroxyl groups is 1. The normalized spacial score (nSPS) is 23.4. The lowest BCUT2D eigenvalue weighted by Gasteiger charge is -2.38. The Kier molecular flexibility index (Phi) is 9.97. The average molecular weight is 553 g/mol. The van der Waals surface area contributed by atoms with E-state index < -0.39 is 18.0 Å². The smallest absolute Gasteiger partial charge is 0.411 e. The Labute approximate surface area is 236 Å². The Balaban J connectivity index is 1.53. The number of nitrogens with one attached hydrogen (secondary N) is 1. The summed E-state index contributed by atoms with van der Waals surface area (Å²) in [5, 5.41) is 12.2. The van der Waals surface area contributed by atoms with E-state index in [-0.39, 0.29) is 37.4 Å². The van der Waals surface area contributed by atoms with Crippen molar-refractivity contribution in [1.29, 1.82) is 0 Å². The minimum atomic E-state index is -0.699. The minimum absolute atomic E-state index is 0.0315. The van der Waals surface area contributed by atoms with E-state index in [9.17, 15) is 14.7 Å². The molecule has 0 spiro atoms. The maximum atomic E-state index is 12.9. The molecule has 0 radical (unpaired) electrons. The van der Waals surface area contributed by atoms with Crippen LogP contribution >= 0.6 is 0 Å². The molecule has 2 saturated heterocycles. The van der Waals surface area contributed by atoms with E-state index in [4.69, 9.17) is 18.9 Å². The molecule has 2 N–H and O–H groups in total. The van der Waals surface area contributed by atoms with Crippen LogP contribution in [0.15, 0.2) is 61.2 Å². The van der Waals surface area contributed by atoms with Crippen LogP contribution in [0.3, 0.4) is 0 Å². The molecule has 2 heterocycles. The van der Waals surface area contributed by atoms with Gasteiger partial charge in [0.25, 0.3) is 0 Å². The molecule has 0 aromatic heterocycles. The van der Waals surface area contributed by atoms with Gasteiger partial charge in [0, 0.05) is 24.2 Å². The summed E-state index contributed by atoms with van der Waals surface area (Å²) < 4.78 is 23.6. The van der Waals surface area contributed by atoms with Crippen molar-refractivity contribution in [3.63, 3.8) is 0 Å². The van der Waals surface area contributed by atoms with Crippen molar-refractivity contribution in [2.45, 2.75) is 76.8 Å². The number of likely N-dealkylation sites (tertiary alicyclic amines) is 1. The number of carbonyl (C=O) groups is 2. The number of esters is 1. The zero-order valence-electron chi connectivity index (χ0n) is 23.5. The number of rotatable bonds is 9. The third-order valence-corrected chi connectivity index (χ3v) is 6.83. The van der Waals surface area contributed by atoms with Crippen LogP contribution in [0, 0.1) is 0 Å². The van der Waals surface area contributed by atoms with Crippen molar-refractivity contribution in [3.8, 4) is 0 Å². The molecule has 2 aliphatic rings. The summed E-state index contributed by atoms with van der Waals surface area (Å²) in [5.41, 5.74) is 2.54. The van der Waals surface area contributed by atoms with Gasteiger partial charge in [0.1, 0.15) is 18.2 Å². The SMILES string of the molecule is C=CCOC(=O)Nc1cccc(C2OC(CN3CCCC3C(=O)OC(C)(C)C)CC(c3ccc(CO)cc3)O2)c1. The molecule has 9 nitrogen and oxygen atoms in total. The molecular formula is C31H40N2O7. The van der Waals surface area contributed by atoms with Gasteiger partial charge < -0.3 is 24.1 Å². The van der Waals surface area contributed by atoms with E-state index in [1.807, 2.05) is 57.2 Å². The van der Waals surface area contributed by atoms with Crippen LogP contribution in [0.1, 0.15) is 69.1 Å². The molecule has 0 saturated carbocycles. The molecule has 9 heteroatoms. The number of nitrogens with zero attached hydrogens (tertiary/aromatic N) is 1. The van der Waals surface area contributed by atoms with Crippen molar-refractivity contribution in [2.75, 3.05) is 25.0 Å². The molecule has 4 atom stereocenters. The molecule has 0 aliphatic carbocycles. The lowest BCUT2D eigenvalue weighted by molar-refractivity contribution is -0.253. The van der Waals surface area contributed by atoms with Crippen molar-refractivity contribution in [3.05, 3.63) is 77.9 Å². The van der Waals surface area contributed by atoms with E-state index in [0.717, 1.165) is 36.1 Å². The maximum absolute atomic E-state index is 12.9. The van der Waals surface area contributed by atoms with E-state index in [1.165, 1.54) is 6.08 Å². The predicted molar refractivity (Wildman–Crippen MR) is 150 cm³/mol. The van der Waals surface area contributed by atoms with Gasteiger partial charge >= 0.3 is 12.1 Å². The Morgan fingerprint density at radius 2 is 1.93 bits per heavy atom. The van der Waals surface area contributed by atoms with Gasteiger partial charge in [0.05, 0.1) is 18.8 Å². The molecule has 216 valence electrons. The van der Waals surface area contributed by atoms with E-state index >= 15 is 0 Å². The number of carbonyl (C=O) groups excluding carboxylic acids is 2. The number of aliphatic hydroxyl groups excluding tert-OH is 1. The zero-order valence-corrected chi connectivity index (χ0v) is 23.5. The van der Waals surface area contributed by atoms with Crippen LogP contribution in [0.4, 0.5) is 10.5 Å². The molecule has 2 aliphatic heterocycles. The number of hydrogen-bond donors (Lipinski definition) is 2. The van der Waals surface area contributed by atoms with Crippen molar-refractivity contribution < 1.29 is 33.6 Å². The van der Waals surface area contributed by atoms with Crippen molar-refractivity contribution >= 4 is 17.7 Å². The fourth-order valence-electron chi connectivity index (χ4n) is 5.03. The number of benzene rings is 2. The minimum Gasteiger partial charge on any atom is -0.459 e. The standard InChI is InChI=1S/C31H40N2O7/c1-5-16-37-30(36)32-24-9-6-8-23(17-24)29-38-25(18-27(39-29)22-13-11-21(20-34)12-14-22)19-33-15-7-10-26(33)28(35)40-31(2,3)4/h5-6,8-9,11-14,17,25-27,29,34H,1,7,10,15-16,18-20H2,2-4H3,(H,32,36). The van der Waals surface area contributed by atoms with Crippen LogP contribution in [0.5, 0.6) is 0 Å². The van der Waals surface area contributed by atoms with Crippen LogP contribution < -0.4 is 5.32 Å². The summed E-state index contributed by atoms with van der Waals surface area (Å²) in [5.74, 6) is -0.202. The zero-order chi connectivity index (χ0) is 28.7. The van der Waals surface area contributed by atoms with Gasteiger partial charge in [0.2, 0.25) is 0 Å². The Morgan fingerprint density at radius 1 is 1.15 bits per heavy atom. The average Bonchev–Trinajstić information content (AvgIpc) is 3.39. The van der Waals surface area contributed by atoms with E-state index in [0.29, 0.717) is 18.7 Å². The van der Waals surface area contributed by atoms with Gasteiger partial charge in [-0.15, -0.1) is 0 Å². The molecular weight excluding hydrogens is 512 g/mol.